The minimum atomic E-state index is -3.59. The number of benzene rings is 2. The predicted molar refractivity (Wildman–Crippen MR) is 121 cm³/mol. The number of nitrogens with zero attached hydrogens (tertiary/aromatic N) is 3. The largest absolute Gasteiger partial charge is 0.493 e. The monoisotopic (exact) mass is 473 g/mol. The molecular weight excluding hydrogens is 446 g/mol. The van der Waals surface area contributed by atoms with Gasteiger partial charge in [-0.15, -0.1) is 0 Å². The van der Waals surface area contributed by atoms with E-state index in [1.807, 2.05) is 6.92 Å². The first-order valence-corrected chi connectivity index (χ1v) is 12.0. The molecule has 2 heterocycles. The first kappa shape index (κ1) is 23.1. The summed E-state index contributed by atoms with van der Waals surface area (Å²) >= 11 is 0. The van der Waals surface area contributed by atoms with Gasteiger partial charge in [-0.25, -0.2) is 8.42 Å². The Morgan fingerprint density at radius 1 is 1.03 bits per heavy atom. The second-order valence-corrected chi connectivity index (χ2v) is 9.82. The van der Waals surface area contributed by atoms with E-state index in [9.17, 15) is 8.42 Å². The van der Waals surface area contributed by atoms with Crippen molar-refractivity contribution in [3.05, 3.63) is 47.9 Å². The lowest BCUT2D eigenvalue weighted by atomic mass is 10.00. The van der Waals surface area contributed by atoms with Gasteiger partial charge in [-0.3, -0.25) is 0 Å². The highest BCUT2D eigenvalue weighted by Crippen LogP contribution is 2.41. The summed E-state index contributed by atoms with van der Waals surface area (Å²) in [5, 5.41) is 4.12. The van der Waals surface area contributed by atoms with Gasteiger partial charge >= 0.3 is 0 Å². The van der Waals surface area contributed by atoms with Gasteiger partial charge in [0, 0.05) is 18.7 Å². The molecule has 9 nitrogen and oxygen atoms in total. The summed E-state index contributed by atoms with van der Waals surface area (Å²) in [6, 6.07) is 10.4. The Balaban J connectivity index is 1.58. The lowest BCUT2D eigenvalue weighted by Crippen LogP contribution is -2.39. The summed E-state index contributed by atoms with van der Waals surface area (Å²) in [6.07, 6.45) is 1.47. The molecule has 1 aliphatic rings. The summed E-state index contributed by atoms with van der Waals surface area (Å²) in [5.41, 5.74) is 1.65. The normalized spacial score (nSPS) is 17.0. The van der Waals surface area contributed by atoms with Gasteiger partial charge in [0.25, 0.3) is 0 Å². The molecular formula is C23H27N3O6S. The Kier molecular flexibility index (Phi) is 6.57. The number of rotatable bonds is 7. The predicted octanol–water partition coefficient (Wildman–Crippen LogP) is 3.64. The lowest BCUT2D eigenvalue weighted by Gasteiger charge is -2.30. The number of ether oxygens (including phenoxy) is 3. The summed E-state index contributed by atoms with van der Waals surface area (Å²) in [7, 11) is 1.01. The van der Waals surface area contributed by atoms with Gasteiger partial charge in [0.15, 0.2) is 11.5 Å². The summed E-state index contributed by atoms with van der Waals surface area (Å²) in [4.78, 5) is 4.85. The van der Waals surface area contributed by atoms with Crippen molar-refractivity contribution in [2.75, 3.05) is 34.4 Å². The fraction of sp³-hybridized carbons (Fsp3) is 0.391. The van der Waals surface area contributed by atoms with Crippen molar-refractivity contribution in [1.29, 1.82) is 0 Å². The molecule has 0 amide bonds. The fourth-order valence-corrected chi connectivity index (χ4v) is 5.47. The van der Waals surface area contributed by atoms with Crippen molar-refractivity contribution in [2.24, 2.45) is 0 Å². The van der Waals surface area contributed by atoms with Gasteiger partial charge in [-0.05, 0) is 44.0 Å². The zero-order valence-corrected chi connectivity index (χ0v) is 19.9. The van der Waals surface area contributed by atoms with E-state index in [0.717, 1.165) is 12.0 Å². The van der Waals surface area contributed by atoms with Crippen LogP contribution in [-0.2, 0) is 10.0 Å². The molecule has 3 aromatic rings. The molecule has 4 rings (SSSR count). The molecule has 1 saturated heterocycles. The molecule has 0 unspecified atom stereocenters. The van der Waals surface area contributed by atoms with Crippen LogP contribution in [0.5, 0.6) is 17.2 Å². The number of sulfonamides is 1. The fourth-order valence-electron chi connectivity index (χ4n) is 3.95. The molecule has 1 aliphatic heterocycles. The van der Waals surface area contributed by atoms with Crippen LogP contribution in [0.1, 0.15) is 30.2 Å². The van der Waals surface area contributed by atoms with Gasteiger partial charge in [-0.2, -0.15) is 9.29 Å². The minimum Gasteiger partial charge on any atom is -0.493 e. The van der Waals surface area contributed by atoms with Crippen LogP contribution in [-0.4, -0.2) is 57.3 Å². The average Bonchev–Trinajstić information content (AvgIpc) is 3.34. The summed E-state index contributed by atoms with van der Waals surface area (Å²) in [6.45, 7) is 2.67. The Bertz CT molecular complexity index is 1200. The highest BCUT2D eigenvalue weighted by Gasteiger charge is 2.33. The van der Waals surface area contributed by atoms with E-state index in [1.165, 1.54) is 25.6 Å². The van der Waals surface area contributed by atoms with Crippen LogP contribution >= 0.6 is 0 Å². The van der Waals surface area contributed by atoms with Crippen LogP contribution in [0.25, 0.3) is 11.4 Å². The van der Waals surface area contributed by atoms with E-state index in [1.54, 1.807) is 36.4 Å². The van der Waals surface area contributed by atoms with Crippen LogP contribution in [0.2, 0.25) is 0 Å². The van der Waals surface area contributed by atoms with Crippen molar-refractivity contribution >= 4 is 10.0 Å². The van der Waals surface area contributed by atoms with Crippen molar-refractivity contribution in [3.63, 3.8) is 0 Å². The maximum Gasteiger partial charge on any atom is 0.243 e. The van der Waals surface area contributed by atoms with E-state index in [0.29, 0.717) is 47.5 Å². The van der Waals surface area contributed by atoms with Gasteiger partial charge in [0.05, 0.1) is 32.1 Å². The third-order valence-corrected chi connectivity index (χ3v) is 7.64. The van der Waals surface area contributed by atoms with Gasteiger partial charge in [0.2, 0.25) is 27.5 Å². The second kappa shape index (κ2) is 9.40. The second-order valence-electron chi connectivity index (χ2n) is 7.89. The molecule has 1 fully saturated rings. The van der Waals surface area contributed by atoms with Crippen LogP contribution in [0.3, 0.4) is 0 Å². The Labute approximate surface area is 193 Å². The molecule has 0 bridgehead atoms. The van der Waals surface area contributed by atoms with Crippen molar-refractivity contribution in [2.45, 2.75) is 30.6 Å². The highest BCUT2D eigenvalue weighted by atomic mass is 32.2. The van der Waals surface area contributed by atoms with Crippen LogP contribution < -0.4 is 14.2 Å². The van der Waals surface area contributed by atoms with Crippen LogP contribution in [0.4, 0.5) is 0 Å². The Morgan fingerprint density at radius 2 is 1.70 bits per heavy atom. The van der Waals surface area contributed by atoms with E-state index in [-0.39, 0.29) is 17.4 Å². The number of methoxy groups -OCH3 is 3. The Morgan fingerprint density at radius 3 is 2.30 bits per heavy atom. The number of piperidine rings is 1. The van der Waals surface area contributed by atoms with E-state index < -0.39 is 10.0 Å². The van der Waals surface area contributed by atoms with Crippen molar-refractivity contribution in [1.82, 2.24) is 14.4 Å². The molecule has 0 saturated carbocycles. The molecule has 0 aliphatic carbocycles. The molecule has 0 radical (unpaired) electrons. The van der Waals surface area contributed by atoms with Gasteiger partial charge in [0.1, 0.15) is 0 Å². The average molecular weight is 474 g/mol. The molecule has 2 aromatic carbocycles. The smallest absolute Gasteiger partial charge is 0.243 e. The SMILES string of the molecule is COc1cc(-c2noc([C@@H]3CCCN(S(=O)(=O)c4ccc(C)cc4)C3)n2)cc(OC)c1OC. The van der Waals surface area contributed by atoms with Crippen molar-refractivity contribution < 1.29 is 27.2 Å². The maximum atomic E-state index is 13.1. The topological polar surface area (TPSA) is 104 Å². The van der Waals surface area contributed by atoms with Gasteiger partial charge in [-0.1, -0.05) is 22.9 Å². The third kappa shape index (κ3) is 4.53. The molecule has 10 heteroatoms. The quantitative estimate of drug-likeness (QED) is 0.512. The standard InChI is InChI=1S/C23H27N3O6S/c1-15-7-9-18(10-8-15)33(27,28)26-11-5-6-16(14-26)23-24-22(25-32-23)17-12-19(29-2)21(31-4)20(13-17)30-3/h7-10,12-13,16H,5-6,11,14H2,1-4H3/t16-/m1/s1. The Hall–Kier alpha value is -3.11. The zero-order valence-electron chi connectivity index (χ0n) is 19.1. The number of aromatic nitrogens is 2. The number of hydrogen-bond acceptors (Lipinski definition) is 8. The third-order valence-electron chi connectivity index (χ3n) is 5.76. The molecule has 176 valence electrons. The molecule has 1 aromatic heterocycles. The van der Waals surface area contributed by atoms with Crippen molar-refractivity contribution in [3.8, 4) is 28.6 Å². The molecule has 0 N–H and O–H groups in total. The number of hydrogen-bond donors (Lipinski definition) is 0. The molecule has 33 heavy (non-hydrogen) atoms. The zero-order chi connectivity index (χ0) is 23.6. The van der Waals surface area contributed by atoms with E-state index in [4.69, 9.17) is 18.7 Å². The van der Waals surface area contributed by atoms with Gasteiger partial charge < -0.3 is 18.7 Å². The maximum absolute atomic E-state index is 13.1. The first-order valence-electron chi connectivity index (χ1n) is 10.6. The number of aryl methyl sites for hydroxylation is 1. The highest BCUT2D eigenvalue weighted by molar-refractivity contribution is 7.89. The van der Waals surface area contributed by atoms with Crippen LogP contribution in [0.15, 0.2) is 45.8 Å². The van der Waals surface area contributed by atoms with E-state index in [2.05, 4.69) is 10.1 Å². The summed E-state index contributed by atoms with van der Waals surface area (Å²) in [5.74, 6) is 2.00. The van der Waals surface area contributed by atoms with Crippen LogP contribution in [0, 0.1) is 6.92 Å². The lowest BCUT2D eigenvalue weighted by molar-refractivity contribution is 0.265. The van der Waals surface area contributed by atoms with E-state index >= 15 is 0 Å². The summed E-state index contributed by atoms with van der Waals surface area (Å²) < 4.78 is 49.5. The molecule has 1 atom stereocenters. The first-order chi connectivity index (χ1) is 15.9. The minimum absolute atomic E-state index is 0.192. The molecule has 0 spiro atoms.